The highest BCUT2D eigenvalue weighted by molar-refractivity contribution is 9.10. The summed E-state index contributed by atoms with van der Waals surface area (Å²) in [6.07, 6.45) is -6.32. The van der Waals surface area contributed by atoms with Crippen LogP contribution in [0.2, 0.25) is 0 Å². The molecule has 0 saturated heterocycles. The first kappa shape index (κ1) is 16.3. The van der Waals surface area contributed by atoms with Crippen molar-refractivity contribution in [2.75, 3.05) is 5.32 Å². The first-order valence-electron chi connectivity index (χ1n) is 5.37. The minimum Gasteiger partial charge on any atom is -0.409 e. The average Bonchev–Trinajstić information content (AvgIpc) is 2.35. The van der Waals surface area contributed by atoms with Gasteiger partial charge in [0.05, 0.1) is 12.1 Å². The van der Waals surface area contributed by atoms with Crippen LogP contribution in [0.25, 0.3) is 0 Å². The molecule has 0 aromatic heterocycles. The van der Waals surface area contributed by atoms with Gasteiger partial charge in [0.2, 0.25) is 5.91 Å². The number of amides is 1. The van der Waals surface area contributed by atoms with Gasteiger partial charge in [-0.15, -0.1) is 0 Å². The second-order valence-corrected chi connectivity index (χ2v) is 4.75. The molecule has 0 heterocycles. The predicted octanol–water partition coefficient (Wildman–Crippen LogP) is 2.82. The van der Waals surface area contributed by atoms with E-state index in [4.69, 9.17) is 10.9 Å². The van der Waals surface area contributed by atoms with Gasteiger partial charge in [0.1, 0.15) is 0 Å². The van der Waals surface area contributed by atoms with E-state index < -0.39 is 24.9 Å². The van der Waals surface area contributed by atoms with Crippen molar-refractivity contribution in [1.29, 1.82) is 0 Å². The van der Waals surface area contributed by atoms with Crippen LogP contribution in [-0.4, -0.2) is 23.1 Å². The third kappa shape index (κ3) is 5.08. The number of oxime groups is 1. The van der Waals surface area contributed by atoms with Gasteiger partial charge in [-0.25, -0.2) is 0 Å². The maximum atomic E-state index is 12.0. The van der Waals surface area contributed by atoms with E-state index in [1.54, 1.807) is 6.07 Å². The van der Waals surface area contributed by atoms with Crippen molar-refractivity contribution in [3.8, 4) is 0 Å². The minimum absolute atomic E-state index is 0.154. The summed E-state index contributed by atoms with van der Waals surface area (Å²) in [5, 5.41) is 13.7. The molecule has 0 atom stereocenters. The third-order valence-electron chi connectivity index (χ3n) is 2.27. The normalized spacial score (nSPS) is 12.3. The highest BCUT2D eigenvalue weighted by Crippen LogP contribution is 2.24. The molecule has 1 aromatic rings. The molecule has 0 bridgehead atoms. The van der Waals surface area contributed by atoms with E-state index >= 15 is 0 Å². The van der Waals surface area contributed by atoms with Gasteiger partial charge in [0.15, 0.2) is 5.84 Å². The van der Waals surface area contributed by atoms with Crippen molar-refractivity contribution in [3.05, 3.63) is 28.2 Å². The van der Waals surface area contributed by atoms with Crippen LogP contribution in [0.1, 0.15) is 18.4 Å². The topological polar surface area (TPSA) is 87.7 Å². The summed E-state index contributed by atoms with van der Waals surface area (Å²) in [4.78, 5) is 11.5. The Labute approximate surface area is 120 Å². The number of hydrogen-bond donors (Lipinski definition) is 3. The molecule has 0 fully saturated rings. The fourth-order valence-corrected chi connectivity index (χ4v) is 1.73. The highest BCUT2D eigenvalue weighted by atomic mass is 79.9. The lowest BCUT2D eigenvalue weighted by Crippen LogP contribution is -2.20. The lowest BCUT2D eigenvalue weighted by molar-refractivity contribution is -0.142. The van der Waals surface area contributed by atoms with Gasteiger partial charge < -0.3 is 16.3 Å². The smallest absolute Gasteiger partial charge is 0.389 e. The second-order valence-electron chi connectivity index (χ2n) is 3.84. The number of benzene rings is 1. The van der Waals surface area contributed by atoms with E-state index in [0.717, 1.165) is 0 Å². The molecule has 1 amide bonds. The number of amidine groups is 1. The van der Waals surface area contributed by atoms with Gasteiger partial charge in [-0.2, -0.15) is 13.2 Å². The molecule has 0 aliphatic heterocycles. The van der Waals surface area contributed by atoms with Crippen molar-refractivity contribution in [2.24, 2.45) is 10.9 Å². The molecular weight excluding hydrogens is 343 g/mol. The van der Waals surface area contributed by atoms with E-state index in [1.165, 1.54) is 12.1 Å². The van der Waals surface area contributed by atoms with Crippen molar-refractivity contribution in [3.63, 3.8) is 0 Å². The maximum Gasteiger partial charge on any atom is 0.389 e. The van der Waals surface area contributed by atoms with E-state index in [9.17, 15) is 18.0 Å². The Bertz CT molecular complexity index is 532. The Kier molecular flexibility index (Phi) is 5.37. The van der Waals surface area contributed by atoms with Crippen LogP contribution in [0.5, 0.6) is 0 Å². The number of nitrogens with two attached hydrogens (primary N) is 1. The summed E-state index contributed by atoms with van der Waals surface area (Å²) in [5.74, 6) is -1.07. The standard InChI is InChI=1S/C11H11BrF3N3O2/c12-6-1-2-7(10(16)18-20)8(5-6)17-9(19)3-4-11(13,14)15/h1-2,5,20H,3-4H2,(H2,16,18)(H,17,19). The number of halogens is 4. The molecule has 0 radical (unpaired) electrons. The van der Waals surface area contributed by atoms with Crippen molar-refractivity contribution in [2.45, 2.75) is 19.0 Å². The second kappa shape index (κ2) is 6.60. The van der Waals surface area contributed by atoms with Crippen LogP contribution < -0.4 is 11.1 Å². The van der Waals surface area contributed by atoms with Crippen LogP contribution in [-0.2, 0) is 4.79 Å². The van der Waals surface area contributed by atoms with Crippen molar-refractivity contribution < 1.29 is 23.2 Å². The first-order chi connectivity index (χ1) is 9.23. The number of carbonyl (C=O) groups excluding carboxylic acids is 1. The van der Waals surface area contributed by atoms with Crippen LogP contribution in [0.15, 0.2) is 27.8 Å². The quantitative estimate of drug-likeness (QED) is 0.336. The molecule has 20 heavy (non-hydrogen) atoms. The molecule has 110 valence electrons. The van der Waals surface area contributed by atoms with Crippen LogP contribution in [0.4, 0.5) is 18.9 Å². The molecular formula is C11H11BrF3N3O2. The summed E-state index contributed by atoms with van der Waals surface area (Å²) in [7, 11) is 0. The van der Waals surface area contributed by atoms with Gasteiger partial charge in [-0.05, 0) is 18.2 Å². The lowest BCUT2D eigenvalue weighted by Gasteiger charge is -2.11. The zero-order chi connectivity index (χ0) is 15.3. The molecule has 0 saturated carbocycles. The summed E-state index contributed by atoms with van der Waals surface area (Å²) in [6.45, 7) is 0. The largest absolute Gasteiger partial charge is 0.409 e. The van der Waals surface area contributed by atoms with Gasteiger partial charge in [-0.3, -0.25) is 4.79 Å². The molecule has 9 heteroatoms. The molecule has 0 aliphatic carbocycles. The van der Waals surface area contributed by atoms with Gasteiger partial charge in [0.25, 0.3) is 0 Å². The molecule has 5 nitrogen and oxygen atoms in total. The predicted molar refractivity (Wildman–Crippen MR) is 70.6 cm³/mol. The SMILES string of the molecule is N/C(=N/O)c1ccc(Br)cc1NC(=O)CCC(F)(F)F. The number of anilines is 1. The average molecular weight is 354 g/mol. The zero-order valence-corrected chi connectivity index (χ0v) is 11.6. The number of carbonyl (C=O) groups is 1. The molecule has 0 unspecified atom stereocenters. The maximum absolute atomic E-state index is 12.0. The molecule has 1 aromatic carbocycles. The van der Waals surface area contributed by atoms with Gasteiger partial charge >= 0.3 is 6.18 Å². The fourth-order valence-electron chi connectivity index (χ4n) is 1.37. The summed E-state index contributed by atoms with van der Waals surface area (Å²) in [5.41, 5.74) is 5.78. The van der Waals surface area contributed by atoms with E-state index in [1.807, 2.05) is 0 Å². The Morgan fingerprint density at radius 2 is 2.10 bits per heavy atom. The Morgan fingerprint density at radius 3 is 2.65 bits per heavy atom. The van der Waals surface area contributed by atoms with Gasteiger partial charge in [0, 0.05) is 16.5 Å². The zero-order valence-electron chi connectivity index (χ0n) is 10.0. The van der Waals surface area contributed by atoms with Gasteiger partial charge in [-0.1, -0.05) is 21.1 Å². The van der Waals surface area contributed by atoms with Crippen molar-refractivity contribution in [1.82, 2.24) is 0 Å². The minimum atomic E-state index is -4.40. The highest BCUT2D eigenvalue weighted by Gasteiger charge is 2.28. The summed E-state index contributed by atoms with van der Waals surface area (Å²) >= 11 is 3.15. The fraction of sp³-hybridized carbons (Fsp3) is 0.273. The Morgan fingerprint density at radius 1 is 1.45 bits per heavy atom. The summed E-state index contributed by atoms with van der Waals surface area (Å²) in [6, 6.07) is 4.48. The van der Waals surface area contributed by atoms with Crippen LogP contribution in [0, 0.1) is 0 Å². The monoisotopic (exact) mass is 353 g/mol. The Hall–Kier alpha value is -1.77. The number of hydrogen-bond acceptors (Lipinski definition) is 3. The number of nitrogens with zero attached hydrogens (tertiary/aromatic N) is 1. The van der Waals surface area contributed by atoms with Crippen LogP contribution >= 0.6 is 15.9 Å². The van der Waals surface area contributed by atoms with E-state index in [-0.39, 0.29) is 17.1 Å². The number of rotatable bonds is 4. The van der Waals surface area contributed by atoms with Crippen molar-refractivity contribution >= 4 is 33.4 Å². The molecule has 0 aliphatic rings. The Balaban J connectivity index is 2.86. The molecule has 1 rings (SSSR count). The van der Waals surface area contributed by atoms with E-state index in [0.29, 0.717) is 4.47 Å². The lowest BCUT2D eigenvalue weighted by atomic mass is 10.1. The number of alkyl halides is 3. The molecule has 4 N–H and O–H groups in total. The van der Waals surface area contributed by atoms with Crippen LogP contribution in [0.3, 0.4) is 0 Å². The summed E-state index contributed by atoms with van der Waals surface area (Å²) < 4.78 is 36.6. The first-order valence-corrected chi connectivity index (χ1v) is 6.16. The third-order valence-corrected chi connectivity index (χ3v) is 2.77. The van der Waals surface area contributed by atoms with E-state index in [2.05, 4.69) is 26.4 Å². The molecule has 0 spiro atoms. The number of nitrogens with one attached hydrogen (secondary N) is 1.